The van der Waals surface area contributed by atoms with Gasteiger partial charge >= 0.3 is 0 Å². The van der Waals surface area contributed by atoms with Crippen LogP contribution in [-0.2, 0) is 0 Å². The topological polar surface area (TPSA) is 78.6 Å². The molecule has 1 aliphatic rings. The Morgan fingerprint density at radius 2 is 1.88 bits per heavy atom. The minimum atomic E-state index is -0.710. The van der Waals surface area contributed by atoms with Crippen molar-refractivity contribution in [2.75, 3.05) is 25.0 Å². The predicted octanol–water partition coefficient (Wildman–Crippen LogP) is 3.20. The summed E-state index contributed by atoms with van der Waals surface area (Å²) in [7, 11) is 0. The van der Waals surface area contributed by atoms with Crippen molar-refractivity contribution in [3.8, 4) is 0 Å². The van der Waals surface area contributed by atoms with Crippen molar-refractivity contribution in [3.63, 3.8) is 0 Å². The van der Waals surface area contributed by atoms with Crippen molar-refractivity contribution in [2.45, 2.75) is 25.0 Å². The molecule has 0 amide bonds. The molecule has 25 heavy (non-hydrogen) atoms. The molecule has 0 bridgehead atoms. The molecule has 1 heterocycles. The first kappa shape index (κ1) is 17.4. The molecule has 2 aromatic carbocycles. The number of piperidine rings is 1. The van der Waals surface area contributed by atoms with Gasteiger partial charge in [0.15, 0.2) is 0 Å². The zero-order valence-corrected chi connectivity index (χ0v) is 14.0. The van der Waals surface area contributed by atoms with E-state index in [1.807, 2.05) is 18.2 Å². The van der Waals surface area contributed by atoms with Crippen LogP contribution in [0.4, 0.5) is 11.4 Å². The van der Waals surface area contributed by atoms with E-state index in [2.05, 4.69) is 22.3 Å². The fraction of sp³-hybridized carbons (Fsp3) is 0.368. The number of likely N-dealkylation sites (tertiary alicyclic amines) is 1. The average Bonchev–Trinajstić information content (AvgIpc) is 2.64. The first-order valence-corrected chi connectivity index (χ1v) is 8.58. The predicted molar refractivity (Wildman–Crippen MR) is 97.6 cm³/mol. The molecule has 0 aliphatic carbocycles. The van der Waals surface area contributed by atoms with Crippen molar-refractivity contribution in [1.82, 2.24) is 4.90 Å². The highest BCUT2D eigenvalue weighted by molar-refractivity contribution is 5.43. The van der Waals surface area contributed by atoms with E-state index in [9.17, 15) is 15.2 Å². The molecule has 0 radical (unpaired) electrons. The van der Waals surface area contributed by atoms with Gasteiger partial charge in [-0.05, 0) is 30.5 Å². The number of benzene rings is 2. The summed E-state index contributed by atoms with van der Waals surface area (Å²) in [5, 5.41) is 24.8. The van der Waals surface area contributed by atoms with Gasteiger partial charge in [-0.1, -0.05) is 30.3 Å². The number of aliphatic hydroxyl groups excluding tert-OH is 1. The van der Waals surface area contributed by atoms with Gasteiger partial charge in [-0.25, -0.2) is 0 Å². The summed E-state index contributed by atoms with van der Waals surface area (Å²) in [5.74, 6) is 0. The number of nitrogens with zero attached hydrogens (tertiary/aromatic N) is 2. The maximum atomic E-state index is 10.9. The molecule has 2 N–H and O–H groups in total. The van der Waals surface area contributed by atoms with Crippen molar-refractivity contribution < 1.29 is 10.0 Å². The maximum absolute atomic E-state index is 10.9. The summed E-state index contributed by atoms with van der Waals surface area (Å²) in [4.78, 5) is 12.6. The third-order valence-corrected chi connectivity index (χ3v) is 4.63. The summed E-state index contributed by atoms with van der Waals surface area (Å²) < 4.78 is 0. The minimum absolute atomic E-state index is 0.0160. The lowest BCUT2D eigenvalue weighted by Crippen LogP contribution is -2.40. The standard InChI is InChI=1S/C19H23N3O3/c23-19(15-5-4-8-18(13-15)22(24)25)14-21-11-9-17(10-12-21)20-16-6-2-1-3-7-16/h1-8,13,17,19-20,23H,9-12,14H2. The van der Waals surface area contributed by atoms with Crippen LogP contribution in [0, 0.1) is 10.1 Å². The van der Waals surface area contributed by atoms with E-state index < -0.39 is 11.0 Å². The lowest BCUT2D eigenvalue weighted by atomic mass is 10.0. The molecule has 1 fully saturated rings. The Bertz CT molecular complexity index is 700. The van der Waals surface area contributed by atoms with Crippen molar-refractivity contribution in [1.29, 1.82) is 0 Å². The Morgan fingerprint density at radius 3 is 2.56 bits per heavy atom. The second-order valence-electron chi connectivity index (χ2n) is 6.45. The molecule has 1 aliphatic heterocycles. The molecule has 1 saturated heterocycles. The van der Waals surface area contributed by atoms with Gasteiger partial charge in [-0.2, -0.15) is 0 Å². The van der Waals surface area contributed by atoms with Gasteiger partial charge in [0.1, 0.15) is 0 Å². The second-order valence-corrected chi connectivity index (χ2v) is 6.45. The highest BCUT2D eigenvalue weighted by Gasteiger charge is 2.22. The SMILES string of the molecule is O=[N+]([O-])c1cccc(C(O)CN2CCC(Nc3ccccc3)CC2)c1. The first-order valence-electron chi connectivity index (χ1n) is 8.58. The van der Waals surface area contributed by atoms with Crippen LogP contribution in [0.5, 0.6) is 0 Å². The number of para-hydroxylation sites is 1. The lowest BCUT2D eigenvalue weighted by molar-refractivity contribution is -0.385. The third-order valence-electron chi connectivity index (χ3n) is 4.63. The van der Waals surface area contributed by atoms with Crippen molar-refractivity contribution >= 4 is 11.4 Å². The molecule has 1 atom stereocenters. The number of nitro benzene ring substituents is 1. The Labute approximate surface area is 147 Å². The van der Waals surface area contributed by atoms with Crippen LogP contribution in [0.2, 0.25) is 0 Å². The number of nitrogens with one attached hydrogen (secondary N) is 1. The van der Waals surface area contributed by atoms with Crippen LogP contribution in [0.25, 0.3) is 0 Å². The summed E-state index contributed by atoms with van der Waals surface area (Å²) in [6.45, 7) is 2.30. The van der Waals surface area contributed by atoms with Crippen LogP contribution >= 0.6 is 0 Å². The molecule has 2 aromatic rings. The van der Waals surface area contributed by atoms with E-state index in [1.165, 1.54) is 12.1 Å². The lowest BCUT2D eigenvalue weighted by Gasteiger charge is -2.34. The quantitative estimate of drug-likeness (QED) is 0.623. The normalized spacial score (nSPS) is 17.2. The minimum Gasteiger partial charge on any atom is -0.387 e. The molecule has 132 valence electrons. The summed E-state index contributed by atoms with van der Waals surface area (Å²) >= 11 is 0. The zero-order chi connectivity index (χ0) is 17.6. The number of non-ortho nitro benzene ring substituents is 1. The average molecular weight is 341 g/mol. The van der Waals surface area contributed by atoms with Gasteiger partial charge in [0.05, 0.1) is 11.0 Å². The van der Waals surface area contributed by atoms with Crippen LogP contribution in [0.1, 0.15) is 24.5 Å². The van der Waals surface area contributed by atoms with Gasteiger partial charge in [-0.15, -0.1) is 0 Å². The number of nitro groups is 1. The number of β-amino-alcohol motifs (C(OH)–C–C–N with tert-alkyl or cyclic N) is 1. The molecule has 6 heteroatoms. The van der Waals surface area contributed by atoms with E-state index in [0.29, 0.717) is 18.2 Å². The van der Waals surface area contributed by atoms with E-state index >= 15 is 0 Å². The largest absolute Gasteiger partial charge is 0.387 e. The smallest absolute Gasteiger partial charge is 0.269 e. The third kappa shape index (κ3) is 4.78. The van der Waals surface area contributed by atoms with Crippen LogP contribution in [-0.4, -0.2) is 40.6 Å². The number of hydrogen-bond acceptors (Lipinski definition) is 5. The monoisotopic (exact) mass is 341 g/mol. The molecule has 6 nitrogen and oxygen atoms in total. The molecule has 1 unspecified atom stereocenters. The molecular formula is C19H23N3O3. The number of rotatable bonds is 6. The van der Waals surface area contributed by atoms with Crippen LogP contribution in [0.15, 0.2) is 54.6 Å². The van der Waals surface area contributed by atoms with Gasteiger partial charge in [0.25, 0.3) is 5.69 Å². The Hall–Kier alpha value is -2.44. The summed E-state index contributed by atoms with van der Waals surface area (Å²) in [6.07, 6.45) is 1.31. The Morgan fingerprint density at radius 1 is 1.16 bits per heavy atom. The number of aliphatic hydroxyl groups is 1. The number of hydrogen-bond donors (Lipinski definition) is 2. The van der Waals surface area contributed by atoms with Gasteiger partial charge in [0, 0.05) is 43.5 Å². The second kappa shape index (κ2) is 8.09. The van der Waals surface area contributed by atoms with Crippen molar-refractivity contribution in [3.05, 3.63) is 70.3 Å². The molecular weight excluding hydrogens is 318 g/mol. The van der Waals surface area contributed by atoms with Crippen molar-refractivity contribution in [2.24, 2.45) is 0 Å². The Balaban J connectivity index is 1.50. The maximum Gasteiger partial charge on any atom is 0.269 e. The highest BCUT2D eigenvalue weighted by Crippen LogP contribution is 2.22. The van der Waals surface area contributed by atoms with E-state index in [-0.39, 0.29) is 5.69 Å². The fourth-order valence-corrected chi connectivity index (χ4v) is 3.23. The first-order chi connectivity index (χ1) is 12.1. The fourth-order valence-electron chi connectivity index (χ4n) is 3.23. The zero-order valence-electron chi connectivity index (χ0n) is 14.0. The van der Waals surface area contributed by atoms with Gasteiger partial charge in [0.2, 0.25) is 0 Å². The van der Waals surface area contributed by atoms with E-state index in [1.54, 1.807) is 12.1 Å². The summed E-state index contributed by atoms with van der Waals surface area (Å²) in [5.41, 5.74) is 1.75. The highest BCUT2D eigenvalue weighted by atomic mass is 16.6. The van der Waals surface area contributed by atoms with E-state index in [0.717, 1.165) is 31.6 Å². The molecule has 0 spiro atoms. The van der Waals surface area contributed by atoms with Gasteiger partial charge in [-0.3, -0.25) is 10.1 Å². The van der Waals surface area contributed by atoms with Crippen LogP contribution in [0.3, 0.4) is 0 Å². The molecule has 0 aromatic heterocycles. The number of anilines is 1. The molecule has 0 saturated carbocycles. The molecule has 3 rings (SSSR count). The van der Waals surface area contributed by atoms with E-state index in [4.69, 9.17) is 0 Å². The summed E-state index contributed by atoms with van der Waals surface area (Å²) in [6, 6.07) is 16.9. The van der Waals surface area contributed by atoms with Crippen LogP contribution < -0.4 is 5.32 Å². The Kier molecular flexibility index (Phi) is 5.63. The van der Waals surface area contributed by atoms with Gasteiger partial charge < -0.3 is 15.3 Å².